The highest BCUT2D eigenvalue weighted by atomic mass is 16.3. The van der Waals surface area contributed by atoms with Crippen molar-refractivity contribution in [2.45, 2.75) is 12.5 Å². The summed E-state index contributed by atoms with van der Waals surface area (Å²) < 4.78 is 0. The number of rotatable bonds is 6. The first-order valence-electron chi connectivity index (χ1n) is 8.34. The summed E-state index contributed by atoms with van der Waals surface area (Å²) in [7, 11) is 0. The highest BCUT2D eigenvalue weighted by Gasteiger charge is 2.15. The first-order valence-corrected chi connectivity index (χ1v) is 8.34. The van der Waals surface area contributed by atoms with Crippen LogP contribution in [0.3, 0.4) is 0 Å². The number of H-pyrrole nitrogens is 1. The number of anilines is 2. The number of benzene rings is 1. The molecule has 3 heterocycles. The summed E-state index contributed by atoms with van der Waals surface area (Å²) in [6.07, 6.45) is 7.74. The molecule has 0 radical (unpaired) electrons. The predicted octanol–water partition coefficient (Wildman–Crippen LogP) is 1.42. The van der Waals surface area contributed by atoms with Crippen LogP contribution in [0.5, 0.6) is 0 Å². The number of aromatic nitrogens is 4. The Bertz CT molecular complexity index is 979. The molecular formula is C18H19N7O. The standard InChI is InChI=1S/C18H19N7O/c19-18-24-16-5-11(12-3-4-20-7-12)1-2-15(16)17(25-18)23-14(9-26)6-13-8-21-10-22-13/h1-5,8,10,14,26H,6-7,9H2,(H,21,22)(H3,19,23,24,25)/t14-/m0/s1. The minimum atomic E-state index is -0.224. The van der Waals surface area contributed by atoms with E-state index in [0.717, 1.165) is 27.7 Å². The van der Waals surface area contributed by atoms with E-state index >= 15 is 0 Å². The molecule has 0 amide bonds. The van der Waals surface area contributed by atoms with Gasteiger partial charge in [0.1, 0.15) is 5.82 Å². The van der Waals surface area contributed by atoms with Crippen molar-refractivity contribution in [3.8, 4) is 0 Å². The zero-order valence-electron chi connectivity index (χ0n) is 14.1. The second-order valence-corrected chi connectivity index (χ2v) is 6.15. The second-order valence-electron chi connectivity index (χ2n) is 6.15. The Morgan fingerprint density at radius 1 is 1.31 bits per heavy atom. The molecule has 1 aromatic carbocycles. The lowest BCUT2D eigenvalue weighted by molar-refractivity contribution is 0.273. The van der Waals surface area contributed by atoms with E-state index in [1.54, 1.807) is 12.5 Å². The normalized spacial score (nSPS) is 14.6. The number of allylic oxidation sites excluding steroid dienone is 1. The van der Waals surface area contributed by atoms with Gasteiger partial charge in [-0.2, -0.15) is 4.98 Å². The molecule has 4 rings (SSSR count). The van der Waals surface area contributed by atoms with Crippen LogP contribution >= 0.6 is 0 Å². The number of aliphatic hydroxyl groups is 1. The maximum absolute atomic E-state index is 9.72. The Morgan fingerprint density at radius 3 is 2.96 bits per heavy atom. The van der Waals surface area contributed by atoms with Crippen molar-refractivity contribution in [3.05, 3.63) is 48.1 Å². The number of fused-ring (bicyclic) bond motifs is 1. The molecule has 3 aromatic rings. The number of aliphatic imine (C=N–C) groups is 1. The van der Waals surface area contributed by atoms with Gasteiger partial charge in [-0.1, -0.05) is 6.07 Å². The summed E-state index contributed by atoms with van der Waals surface area (Å²) in [6, 6.07) is 5.76. The number of hydrogen-bond donors (Lipinski definition) is 4. The van der Waals surface area contributed by atoms with E-state index in [0.29, 0.717) is 18.8 Å². The molecule has 1 atom stereocenters. The van der Waals surface area contributed by atoms with Gasteiger partial charge in [0.05, 0.1) is 31.0 Å². The van der Waals surface area contributed by atoms with Gasteiger partial charge >= 0.3 is 0 Å². The molecule has 0 saturated carbocycles. The van der Waals surface area contributed by atoms with Gasteiger partial charge in [0, 0.05) is 29.9 Å². The molecule has 0 spiro atoms. The maximum Gasteiger partial charge on any atom is 0.222 e. The minimum absolute atomic E-state index is 0.0489. The molecule has 0 fully saturated rings. The molecule has 1 aliphatic rings. The van der Waals surface area contributed by atoms with Crippen molar-refractivity contribution in [2.24, 2.45) is 4.99 Å². The maximum atomic E-state index is 9.72. The van der Waals surface area contributed by atoms with E-state index in [1.807, 2.05) is 30.5 Å². The van der Waals surface area contributed by atoms with Crippen LogP contribution in [0.4, 0.5) is 11.8 Å². The van der Waals surface area contributed by atoms with E-state index in [9.17, 15) is 5.11 Å². The topological polar surface area (TPSA) is 125 Å². The Kier molecular flexibility index (Phi) is 4.32. The number of aliphatic hydroxyl groups excluding tert-OH is 1. The van der Waals surface area contributed by atoms with E-state index in [4.69, 9.17) is 5.73 Å². The van der Waals surface area contributed by atoms with E-state index < -0.39 is 0 Å². The van der Waals surface area contributed by atoms with Crippen LogP contribution in [0.15, 0.2) is 41.8 Å². The van der Waals surface area contributed by atoms with Gasteiger partial charge in [-0.15, -0.1) is 0 Å². The third-order valence-electron chi connectivity index (χ3n) is 4.31. The monoisotopic (exact) mass is 349 g/mol. The fraction of sp³-hybridized carbons (Fsp3) is 0.222. The average Bonchev–Trinajstić information content (AvgIpc) is 3.34. The number of nitrogen functional groups attached to an aromatic ring is 1. The van der Waals surface area contributed by atoms with E-state index in [1.165, 1.54) is 0 Å². The number of aromatic amines is 1. The van der Waals surface area contributed by atoms with E-state index in [-0.39, 0.29) is 18.6 Å². The summed E-state index contributed by atoms with van der Waals surface area (Å²) >= 11 is 0. The van der Waals surface area contributed by atoms with Crippen LogP contribution in [0, 0.1) is 0 Å². The number of nitrogens with zero attached hydrogens (tertiary/aromatic N) is 4. The van der Waals surface area contributed by atoms with Crippen LogP contribution < -0.4 is 11.1 Å². The molecule has 0 unspecified atom stereocenters. The lowest BCUT2D eigenvalue weighted by Crippen LogP contribution is -2.27. The zero-order valence-corrected chi connectivity index (χ0v) is 14.1. The van der Waals surface area contributed by atoms with Crippen molar-refractivity contribution in [3.63, 3.8) is 0 Å². The Labute approximate surface area is 149 Å². The Balaban J connectivity index is 1.65. The molecule has 0 saturated heterocycles. The zero-order chi connectivity index (χ0) is 17.9. The first-order chi connectivity index (χ1) is 12.7. The third-order valence-corrected chi connectivity index (χ3v) is 4.31. The fourth-order valence-electron chi connectivity index (χ4n) is 3.01. The molecule has 2 aromatic heterocycles. The largest absolute Gasteiger partial charge is 0.394 e. The number of imidazole rings is 1. The third kappa shape index (κ3) is 3.27. The molecule has 8 heteroatoms. The van der Waals surface area contributed by atoms with Crippen molar-refractivity contribution >= 4 is 34.5 Å². The van der Waals surface area contributed by atoms with Crippen LogP contribution in [-0.4, -0.2) is 50.5 Å². The van der Waals surface area contributed by atoms with Crippen LogP contribution in [0.1, 0.15) is 11.3 Å². The Morgan fingerprint density at radius 2 is 2.23 bits per heavy atom. The van der Waals surface area contributed by atoms with Gasteiger partial charge in [-0.25, -0.2) is 9.97 Å². The van der Waals surface area contributed by atoms with Gasteiger partial charge in [0.2, 0.25) is 5.95 Å². The van der Waals surface area contributed by atoms with Gasteiger partial charge in [0.25, 0.3) is 0 Å². The summed E-state index contributed by atoms with van der Waals surface area (Å²) in [5.74, 6) is 0.793. The van der Waals surface area contributed by atoms with Crippen molar-refractivity contribution in [1.29, 1.82) is 0 Å². The van der Waals surface area contributed by atoms with Gasteiger partial charge in [-0.3, -0.25) is 4.99 Å². The molecule has 0 aliphatic carbocycles. The van der Waals surface area contributed by atoms with Crippen LogP contribution in [0.2, 0.25) is 0 Å². The number of nitrogens with two attached hydrogens (primary N) is 1. The van der Waals surface area contributed by atoms with Gasteiger partial charge in [-0.05, 0) is 29.3 Å². The second kappa shape index (κ2) is 6.93. The van der Waals surface area contributed by atoms with Crippen LogP contribution in [0.25, 0.3) is 16.5 Å². The smallest absolute Gasteiger partial charge is 0.222 e. The lowest BCUT2D eigenvalue weighted by atomic mass is 10.0. The number of nitrogens with one attached hydrogen (secondary N) is 2. The number of hydrogen-bond acceptors (Lipinski definition) is 7. The van der Waals surface area contributed by atoms with E-state index in [2.05, 4.69) is 30.2 Å². The quantitative estimate of drug-likeness (QED) is 0.533. The van der Waals surface area contributed by atoms with Crippen molar-refractivity contribution in [2.75, 3.05) is 24.2 Å². The Hall–Kier alpha value is -3.26. The summed E-state index contributed by atoms with van der Waals surface area (Å²) in [5, 5.41) is 13.8. The molecule has 26 heavy (non-hydrogen) atoms. The highest BCUT2D eigenvalue weighted by molar-refractivity contribution is 5.95. The molecule has 0 bridgehead atoms. The fourth-order valence-corrected chi connectivity index (χ4v) is 3.01. The first kappa shape index (κ1) is 16.2. The minimum Gasteiger partial charge on any atom is -0.394 e. The molecular weight excluding hydrogens is 330 g/mol. The summed E-state index contributed by atoms with van der Waals surface area (Å²) in [5.41, 5.74) is 9.79. The molecule has 8 nitrogen and oxygen atoms in total. The highest BCUT2D eigenvalue weighted by Crippen LogP contribution is 2.27. The predicted molar refractivity (Wildman–Crippen MR) is 102 cm³/mol. The molecule has 132 valence electrons. The molecule has 5 N–H and O–H groups in total. The lowest BCUT2D eigenvalue weighted by Gasteiger charge is -2.18. The summed E-state index contributed by atoms with van der Waals surface area (Å²) in [6.45, 7) is 0.626. The average molecular weight is 349 g/mol. The van der Waals surface area contributed by atoms with Gasteiger partial charge in [0.15, 0.2) is 0 Å². The SMILES string of the molecule is Nc1nc(N[C@H](CO)Cc2cnc[nH]2)c2ccc(C3=CC=NC3)cc2n1. The van der Waals surface area contributed by atoms with Crippen molar-refractivity contribution in [1.82, 2.24) is 19.9 Å². The van der Waals surface area contributed by atoms with Gasteiger partial charge < -0.3 is 21.1 Å². The molecule has 1 aliphatic heterocycles. The van der Waals surface area contributed by atoms with Crippen molar-refractivity contribution < 1.29 is 5.11 Å². The summed E-state index contributed by atoms with van der Waals surface area (Å²) in [4.78, 5) is 19.9. The van der Waals surface area contributed by atoms with Crippen LogP contribution in [-0.2, 0) is 6.42 Å².